The van der Waals surface area contributed by atoms with Crippen LogP contribution in [-0.4, -0.2) is 50.3 Å². The summed E-state index contributed by atoms with van der Waals surface area (Å²) >= 11 is 0. The van der Waals surface area contributed by atoms with Crippen molar-refractivity contribution < 1.29 is 4.39 Å². The second-order valence-corrected chi connectivity index (χ2v) is 6.32. The Hall–Kier alpha value is -2.35. The molecular formula is C17H23FN6O. The van der Waals surface area contributed by atoms with E-state index in [1.54, 1.807) is 12.1 Å². The highest BCUT2D eigenvalue weighted by Gasteiger charge is 2.22. The average Bonchev–Trinajstić information content (AvgIpc) is 2.62. The molecule has 2 aromatic heterocycles. The number of hydrogen-bond acceptors (Lipinski definition) is 6. The molecule has 1 saturated heterocycles. The zero-order valence-electron chi connectivity index (χ0n) is 14.4. The first kappa shape index (κ1) is 17.5. The van der Waals surface area contributed by atoms with Crippen LogP contribution in [0.5, 0.6) is 0 Å². The van der Waals surface area contributed by atoms with Crippen LogP contribution in [0.1, 0.15) is 25.0 Å². The Morgan fingerprint density at radius 3 is 3.04 bits per heavy atom. The van der Waals surface area contributed by atoms with E-state index in [0.29, 0.717) is 13.1 Å². The molecule has 8 heteroatoms. The number of rotatable bonds is 6. The minimum Gasteiger partial charge on any atom is -0.366 e. The Bertz CT molecular complexity index is 765. The molecule has 0 spiro atoms. The lowest BCUT2D eigenvalue weighted by Crippen LogP contribution is -2.45. The third-order valence-electron chi connectivity index (χ3n) is 4.52. The Kier molecular flexibility index (Phi) is 5.70. The molecule has 2 aromatic rings. The van der Waals surface area contributed by atoms with Gasteiger partial charge < -0.3 is 5.32 Å². The minimum absolute atomic E-state index is 0.0830. The molecule has 0 bridgehead atoms. The molecule has 1 N–H and O–H groups in total. The number of piperidine rings is 1. The summed E-state index contributed by atoms with van der Waals surface area (Å²) in [6.07, 6.45) is 5.81. The van der Waals surface area contributed by atoms with Crippen molar-refractivity contribution in [2.24, 2.45) is 0 Å². The molecule has 0 aromatic carbocycles. The molecule has 7 nitrogen and oxygen atoms in total. The van der Waals surface area contributed by atoms with Crippen LogP contribution in [0, 0.1) is 12.7 Å². The molecule has 134 valence electrons. The number of likely N-dealkylation sites (tertiary alicyclic amines) is 1. The first-order chi connectivity index (χ1) is 12.1. The summed E-state index contributed by atoms with van der Waals surface area (Å²) in [5, 5.41) is 7.36. The lowest BCUT2D eigenvalue weighted by molar-refractivity contribution is 0.147. The van der Waals surface area contributed by atoms with Crippen molar-refractivity contribution in [2.45, 2.75) is 38.8 Å². The quantitative estimate of drug-likeness (QED) is 0.853. The van der Waals surface area contributed by atoms with E-state index in [4.69, 9.17) is 0 Å². The molecule has 0 aliphatic carbocycles. The summed E-state index contributed by atoms with van der Waals surface area (Å²) in [5.41, 5.74) is 0.746. The summed E-state index contributed by atoms with van der Waals surface area (Å²) < 4.78 is 15.2. The van der Waals surface area contributed by atoms with Gasteiger partial charge in [-0.25, -0.2) is 19.0 Å². The van der Waals surface area contributed by atoms with Gasteiger partial charge in [-0.15, -0.1) is 0 Å². The highest BCUT2D eigenvalue weighted by molar-refractivity contribution is 5.33. The third-order valence-corrected chi connectivity index (χ3v) is 4.52. The number of nitrogens with zero attached hydrogens (tertiary/aromatic N) is 5. The topological polar surface area (TPSA) is 75.9 Å². The Morgan fingerprint density at radius 1 is 1.32 bits per heavy atom. The van der Waals surface area contributed by atoms with Gasteiger partial charge in [0.25, 0.3) is 5.56 Å². The van der Waals surface area contributed by atoms with Crippen molar-refractivity contribution in [2.75, 3.05) is 25.0 Å². The van der Waals surface area contributed by atoms with E-state index < -0.39 is 5.82 Å². The lowest BCUT2D eigenvalue weighted by atomic mass is 10.0. The van der Waals surface area contributed by atoms with Crippen LogP contribution in [0.2, 0.25) is 0 Å². The monoisotopic (exact) mass is 346 g/mol. The van der Waals surface area contributed by atoms with E-state index in [9.17, 15) is 9.18 Å². The molecule has 0 saturated carbocycles. The molecule has 1 fully saturated rings. The maximum absolute atomic E-state index is 13.6. The number of anilines is 1. The molecule has 1 unspecified atom stereocenters. The van der Waals surface area contributed by atoms with E-state index in [1.807, 2.05) is 6.92 Å². The van der Waals surface area contributed by atoms with Crippen molar-refractivity contribution in [3.8, 4) is 0 Å². The van der Waals surface area contributed by atoms with E-state index in [2.05, 4.69) is 25.3 Å². The maximum Gasteiger partial charge on any atom is 0.266 e. The predicted octanol–water partition coefficient (Wildman–Crippen LogP) is 1.45. The smallest absolute Gasteiger partial charge is 0.266 e. The van der Waals surface area contributed by atoms with Crippen molar-refractivity contribution in [3.05, 3.63) is 46.5 Å². The molecule has 3 rings (SSSR count). The van der Waals surface area contributed by atoms with E-state index in [-0.39, 0.29) is 17.4 Å². The van der Waals surface area contributed by atoms with Crippen LogP contribution in [0.15, 0.2) is 29.5 Å². The molecule has 1 aliphatic heterocycles. The molecule has 3 heterocycles. The summed E-state index contributed by atoms with van der Waals surface area (Å²) in [4.78, 5) is 21.8. The molecule has 0 radical (unpaired) electrons. The highest BCUT2D eigenvalue weighted by Crippen LogP contribution is 2.18. The van der Waals surface area contributed by atoms with E-state index in [0.717, 1.165) is 44.2 Å². The summed E-state index contributed by atoms with van der Waals surface area (Å²) in [7, 11) is 0. The first-order valence-corrected chi connectivity index (χ1v) is 8.61. The average molecular weight is 346 g/mol. The fourth-order valence-electron chi connectivity index (χ4n) is 3.18. The van der Waals surface area contributed by atoms with E-state index in [1.165, 1.54) is 11.0 Å². The Balaban J connectivity index is 1.60. The number of aryl methyl sites for hydroxylation is 1. The van der Waals surface area contributed by atoms with Crippen LogP contribution >= 0.6 is 0 Å². The predicted molar refractivity (Wildman–Crippen MR) is 92.9 cm³/mol. The number of nitrogens with one attached hydrogen (secondary N) is 1. The Labute approximate surface area is 145 Å². The van der Waals surface area contributed by atoms with Crippen LogP contribution < -0.4 is 10.9 Å². The summed E-state index contributed by atoms with van der Waals surface area (Å²) in [6, 6.07) is 3.56. The van der Waals surface area contributed by atoms with Gasteiger partial charge in [0.05, 0.1) is 18.4 Å². The highest BCUT2D eigenvalue weighted by atomic mass is 19.1. The molecule has 0 amide bonds. The number of hydrogen-bond donors (Lipinski definition) is 1. The normalized spacial score (nSPS) is 18.2. The van der Waals surface area contributed by atoms with Crippen molar-refractivity contribution in [3.63, 3.8) is 0 Å². The third kappa shape index (κ3) is 4.60. The fraction of sp³-hybridized carbons (Fsp3) is 0.529. The first-order valence-electron chi connectivity index (χ1n) is 8.61. The molecule has 1 atom stereocenters. The van der Waals surface area contributed by atoms with Gasteiger partial charge in [-0.05, 0) is 32.4 Å². The molecular weight excluding hydrogens is 323 g/mol. The fourth-order valence-corrected chi connectivity index (χ4v) is 3.18. The SMILES string of the molecule is Cc1ccc(=O)n(CCN2CCCCC2CNc2ncncc2F)n1. The van der Waals surface area contributed by atoms with Gasteiger partial charge >= 0.3 is 0 Å². The standard InChI is InChI=1S/C17H23FN6O/c1-13-5-6-16(25)24(22-13)9-8-23-7-3-2-4-14(23)10-20-17-15(18)11-19-12-21-17/h5-6,11-12,14H,2-4,7-10H2,1H3,(H,19,20,21). The van der Waals surface area contributed by atoms with Crippen LogP contribution in [-0.2, 0) is 6.54 Å². The van der Waals surface area contributed by atoms with Crippen LogP contribution in [0.25, 0.3) is 0 Å². The zero-order valence-corrected chi connectivity index (χ0v) is 14.4. The largest absolute Gasteiger partial charge is 0.366 e. The van der Waals surface area contributed by atoms with Gasteiger partial charge in [-0.3, -0.25) is 9.69 Å². The summed E-state index contributed by atoms with van der Waals surface area (Å²) in [5.74, 6) is -0.211. The maximum atomic E-state index is 13.6. The van der Waals surface area contributed by atoms with Gasteiger partial charge in [-0.2, -0.15) is 5.10 Å². The van der Waals surface area contributed by atoms with Gasteiger partial charge in [-0.1, -0.05) is 6.42 Å². The van der Waals surface area contributed by atoms with E-state index >= 15 is 0 Å². The molecule has 25 heavy (non-hydrogen) atoms. The molecule has 1 aliphatic rings. The number of aromatic nitrogens is 4. The Morgan fingerprint density at radius 2 is 2.20 bits per heavy atom. The second-order valence-electron chi connectivity index (χ2n) is 6.32. The van der Waals surface area contributed by atoms with Crippen molar-refractivity contribution >= 4 is 5.82 Å². The minimum atomic E-state index is -0.444. The second kappa shape index (κ2) is 8.15. The van der Waals surface area contributed by atoms with Gasteiger partial charge in [0, 0.05) is 25.2 Å². The van der Waals surface area contributed by atoms with Crippen LogP contribution in [0.4, 0.5) is 10.2 Å². The lowest BCUT2D eigenvalue weighted by Gasteiger charge is -2.35. The van der Waals surface area contributed by atoms with Crippen molar-refractivity contribution in [1.82, 2.24) is 24.6 Å². The zero-order chi connectivity index (χ0) is 17.6. The van der Waals surface area contributed by atoms with Gasteiger partial charge in [0.1, 0.15) is 6.33 Å². The van der Waals surface area contributed by atoms with Gasteiger partial charge in [0.2, 0.25) is 0 Å². The van der Waals surface area contributed by atoms with Gasteiger partial charge in [0.15, 0.2) is 11.6 Å². The number of halogens is 1. The van der Waals surface area contributed by atoms with Crippen molar-refractivity contribution in [1.29, 1.82) is 0 Å². The summed E-state index contributed by atoms with van der Waals surface area (Å²) in [6.45, 7) is 4.76. The van der Waals surface area contributed by atoms with Crippen LogP contribution in [0.3, 0.4) is 0 Å².